The summed E-state index contributed by atoms with van der Waals surface area (Å²) in [6, 6.07) is 10.7. The van der Waals surface area contributed by atoms with Crippen LogP contribution >= 0.6 is 46.0 Å². The third-order valence-corrected chi connectivity index (χ3v) is 4.69. The van der Waals surface area contributed by atoms with E-state index in [1.807, 2.05) is 28.7 Å². The van der Waals surface area contributed by atoms with Crippen LogP contribution in [0.2, 0.25) is 5.02 Å². The van der Waals surface area contributed by atoms with Crippen LogP contribution in [0.3, 0.4) is 0 Å². The molecule has 1 aliphatic rings. The van der Waals surface area contributed by atoms with E-state index in [-0.39, 0.29) is 17.7 Å². The minimum Gasteiger partial charge on any atom is -0.451 e. The number of imide groups is 1. The number of hydrogen-bond acceptors (Lipinski definition) is 4. The lowest BCUT2D eigenvalue weighted by Gasteiger charge is -2.12. The zero-order valence-electron chi connectivity index (χ0n) is 11.1. The Hall–Kier alpha value is -1.25. The van der Waals surface area contributed by atoms with E-state index in [1.54, 1.807) is 36.4 Å². The van der Waals surface area contributed by atoms with Gasteiger partial charge in [0.15, 0.2) is 3.77 Å². The fraction of sp³-hybridized carbons (Fsp3) is 0.0667. The molecule has 2 aromatic rings. The minimum absolute atomic E-state index is 0.207. The lowest BCUT2D eigenvalue weighted by molar-refractivity contribution is -0.123. The zero-order chi connectivity index (χ0) is 15.7. The van der Waals surface area contributed by atoms with Gasteiger partial charge in [-0.2, -0.15) is 0 Å². The fourth-order valence-electron chi connectivity index (χ4n) is 1.99. The molecule has 112 valence electrons. The first-order chi connectivity index (χ1) is 10.5. The van der Waals surface area contributed by atoms with Crippen molar-refractivity contribution in [3.8, 4) is 0 Å². The predicted octanol–water partition coefficient (Wildman–Crippen LogP) is 4.77. The molecule has 0 atom stereocenters. The maximum absolute atomic E-state index is 12.4. The van der Waals surface area contributed by atoms with Gasteiger partial charge in [-0.25, -0.2) is 0 Å². The van der Waals surface area contributed by atoms with Crippen molar-refractivity contribution in [1.29, 1.82) is 0 Å². The van der Waals surface area contributed by atoms with Gasteiger partial charge in [0.05, 0.1) is 11.4 Å². The number of halogens is 2. The van der Waals surface area contributed by atoms with Crippen LogP contribution < -0.4 is 0 Å². The molecule has 3 rings (SSSR count). The molecule has 7 heteroatoms. The molecular formula is C15H9ClINO3S. The van der Waals surface area contributed by atoms with E-state index in [2.05, 4.69) is 0 Å². The van der Waals surface area contributed by atoms with Crippen molar-refractivity contribution in [1.82, 2.24) is 4.90 Å². The Balaban J connectivity index is 1.81. The number of nitrogens with zero attached hydrogens (tertiary/aromatic N) is 1. The summed E-state index contributed by atoms with van der Waals surface area (Å²) in [6.07, 6.45) is 1.59. The first-order valence-corrected chi connectivity index (χ1v) is 8.55. The Morgan fingerprint density at radius 3 is 2.77 bits per heavy atom. The molecule has 0 spiro atoms. The van der Waals surface area contributed by atoms with Crippen LogP contribution in [0.5, 0.6) is 0 Å². The summed E-state index contributed by atoms with van der Waals surface area (Å²) in [7, 11) is 0. The normalized spacial score (nSPS) is 16.8. The van der Waals surface area contributed by atoms with Crippen molar-refractivity contribution >= 4 is 63.2 Å². The van der Waals surface area contributed by atoms with Crippen LogP contribution in [0, 0.1) is 3.77 Å². The average molecular weight is 446 g/mol. The third-order valence-electron chi connectivity index (χ3n) is 2.97. The fourth-order valence-corrected chi connectivity index (χ4v) is 3.45. The lowest BCUT2D eigenvalue weighted by Crippen LogP contribution is -2.27. The summed E-state index contributed by atoms with van der Waals surface area (Å²) in [5.74, 6) is 0.235. The van der Waals surface area contributed by atoms with Crippen molar-refractivity contribution in [2.75, 3.05) is 0 Å². The number of rotatable bonds is 3. The van der Waals surface area contributed by atoms with Gasteiger partial charge in [-0.05, 0) is 64.2 Å². The van der Waals surface area contributed by atoms with Gasteiger partial charge in [-0.3, -0.25) is 14.5 Å². The standard InChI is InChI=1S/C15H9ClINO3S/c16-10-3-1-2-9(6-10)8-18-14(19)12(22-15(18)20)7-11-4-5-13(17)21-11/h1-7H,8H2/b12-7-. The second-order valence-electron chi connectivity index (χ2n) is 4.54. The van der Waals surface area contributed by atoms with E-state index in [0.29, 0.717) is 15.7 Å². The van der Waals surface area contributed by atoms with Crippen molar-refractivity contribution in [2.45, 2.75) is 6.54 Å². The van der Waals surface area contributed by atoms with E-state index in [4.69, 9.17) is 16.0 Å². The van der Waals surface area contributed by atoms with Crippen LogP contribution in [-0.4, -0.2) is 16.0 Å². The van der Waals surface area contributed by atoms with Gasteiger partial charge in [0.1, 0.15) is 5.76 Å². The third kappa shape index (κ3) is 3.39. The summed E-state index contributed by atoms with van der Waals surface area (Å²) >= 11 is 8.88. The summed E-state index contributed by atoms with van der Waals surface area (Å²) in [5, 5.41) is 0.280. The molecule has 0 N–H and O–H groups in total. The van der Waals surface area contributed by atoms with Crippen LogP contribution in [-0.2, 0) is 11.3 Å². The van der Waals surface area contributed by atoms with E-state index in [0.717, 1.165) is 21.1 Å². The number of hydrogen-bond donors (Lipinski definition) is 0. The zero-order valence-corrected chi connectivity index (χ0v) is 14.8. The van der Waals surface area contributed by atoms with Gasteiger partial charge < -0.3 is 4.42 Å². The largest absolute Gasteiger partial charge is 0.451 e. The highest BCUT2D eigenvalue weighted by molar-refractivity contribution is 14.1. The molecule has 2 heterocycles. The van der Waals surface area contributed by atoms with E-state index in [9.17, 15) is 9.59 Å². The predicted molar refractivity (Wildman–Crippen MR) is 94.4 cm³/mol. The molecule has 1 aromatic carbocycles. The highest BCUT2D eigenvalue weighted by Gasteiger charge is 2.35. The summed E-state index contributed by atoms with van der Waals surface area (Å²) in [4.78, 5) is 26.0. The van der Waals surface area contributed by atoms with Gasteiger partial charge in [0.2, 0.25) is 0 Å². The first kappa shape index (κ1) is 15.6. The molecule has 1 aromatic heterocycles. The van der Waals surface area contributed by atoms with E-state index >= 15 is 0 Å². The van der Waals surface area contributed by atoms with Crippen molar-refractivity contribution in [3.05, 3.63) is 61.4 Å². The Bertz CT molecular complexity index is 787. The molecule has 0 radical (unpaired) electrons. The Morgan fingerprint density at radius 2 is 2.09 bits per heavy atom. The molecule has 0 unspecified atom stereocenters. The topological polar surface area (TPSA) is 50.5 Å². The lowest BCUT2D eigenvalue weighted by atomic mass is 10.2. The second kappa shape index (κ2) is 6.47. The van der Waals surface area contributed by atoms with Gasteiger partial charge in [0, 0.05) is 11.1 Å². The van der Waals surface area contributed by atoms with E-state index < -0.39 is 0 Å². The van der Waals surface area contributed by atoms with Gasteiger partial charge in [-0.1, -0.05) is 23.7 Å². The van der Waals surface area contributed by atoms with Crippen molar-refractivity contribution in [2.24, 2.45) is 0 Å². The molecule has 1 fully saturated rings. The van der Waals surface area contributed by atoms with Crippen LogP contribution in [0.25, 0.3) is 6.08 Å². The first-order valence-electron chi connectivity index (χ1n) is 6.28. The quantitative estimate of drug-likeness (QED) is 0.504. The molecule has 22 heavy (non-hydrogen) atoms. The maximum Gasteiger partial charge on any atom is 0.293 e. The number of amides is 2. The van der Waals surface area contributed by atoms with Crippen molar-refractivity contribution < 1.29 is 14.0 Å². The summed E-state index contributed by atoms with van der Waals surface area (Å²) < 4.78 is 6.12. The molecule has 0 aliphatic carbocycles. The maximum atomic E-state index is 12.4. The highest BCUT2D eigenvalue weighted by atomic mass is 127. The monoisotopic (exact) mass is 445 g/mol. The molecular weight excluding hydrogens is 437 g/mol. The highest BCUT2D eigenvalue weighted by Crippen LogP contribution is 2.33. The molecule has 1 aliphatic heterocycles. The van der Waals surface area contributed by atoms with Gasteiger partial charge in [-0.15, -0.1) is 0 Å². The SMILES string of the molecule is O=C1S/C(=C\c2ccc(I)o2)C(=O)N1Cc1cccc(Cl)c1. The minimum atomic E-state index is -0.318. The Morgan fingerprint density at radius 1 is 1.27 bits per heavy atom. The van der Waals surface area contributed by atoms with Gasteiger partial charge in [0.25, 0.3) is 11.1 Å². The molecule has 0 bridgehead atoms. The van der Waals surface area contributed by atoms with Crippen LogP contribution in [0.15, 0.2) is 45.7 Å². The second-order valence-corrected chi connectivity index (χ2v) is 7.03. The summed E-state index contributed by atoms with van der Waals surface area (Å²) in [5.41, 5.74) is 0.809. The van der Waals surface area contributed by atoms with Crippen LogP contribution in [0.4, 0.5) is 4.79 Å². The molecule has 0 saturated carbocycles. The van der Waals surface area contributed by atoms with Crippen LogP contribution in [0.1, 0.15) is 11.3 Å². The molecule has 1 saturated heterocycles. The van der Waals surface area contributed by atoms with Crippen molar-refractivity contribution in [3.63, 3.8) is 0 Å². The number of thioether (sulfide) groups is 1. The molecule has 4 nitrogen and oxygen atoms in total. The summed E-state index contributed by atoms with van der Waals surface area (Å²) in [6.45, 7) is 0.207. The van der Waals surface area contributed by atoms with Gasteiger partial charge >= 0.3 is 0 Å². The van der Waals surface area contributed by atoms with E-state index in [1.165, 1.54) is 4.90 Å². The number of carbonyl (C=O) groups excluding carboxylic acids is 2. The Kier molecular flexibility index (Phi) is 4.60. The number of furan rings is 1. The average Bonchev–Trinajstić information content (AvgIpc) is 2.98. The smallest absolute Gasteiger partial charge is 0.293 e. The molecule has 2 amide bonds. The number of carbonyl (C=O) groups is 2. The Labute approximate surface area is 149 Å². The number of benzene rings is 1.